The van der Waals surface area contributed by atoms with E-state index < -0.39 is 17.4 Å². The van der Waals surface area contributed by atoms with E-state index in [4.69, 9.17) is 4.74 Å². The summed E-state index contributed by atoms with van der Waals surface area (Å²) in [6.07, 6.45) is 0. The van der Waals surface area contributed by atoms with Crippen LogP contribution in [-0.4, -0.2) is 12.4 Å². The number of halogens is 3. The molecule has 0 saturated carbocycles. The van der Waals surface area contributed by atoms with E-state index in [0.717, 1.165) is 21.8 Å². The summed E-state index contributed by atoms with van der Waals surface area (Å²) in [5.41, 5.74) is -0.300. The summed E-state index contributed by atoms with van der Waals surface area (Å²) in [7, 11) is 0. The molecule has 0 atom stereocenters. The first-order valence-electron chi connectivity index (χ1n) is 5.43. The third-order valence-corrected chi connectivity index (χ3v) is 3.07. The highest BCUT2D eigenvalue weighted by Gasteiger charge is 2.13. The van der Waals surface area contributed by atoms with Crippen molar-refractivity contribution in [3.8, 4) is 5.75 Å². The maximum absolute atomic E-state index is 13.4. The second kappa shape index (κ2) is 6.10. The van der Waals surface area contributed by atoms with Gasteiger partial charge in [-0.1, -0.05) is 6.07 Å². The van der Waals surface area contributed by atoms with Gasteiger partial charge in [-0.3, -0.25) is 4.79 Å². The predicted octanol–water partition coefficient (Wildman–Crippen LogP) is 3.83. The molecular weight excluding hydrogens is 365 g/mol. The van der Waals surface area contributed by atoms with Crippen molar-refractivity contribution in [1.29, 1.82) is 0 Å². The van der Waals surface area contributed by atoms with Crippen LogP contribution in [0.15, 0.2) is 42.5 Å². The van der Waals surface area contributed by atoms with Gasteiger partial charge in [0.15, 0.2) is 6.61 Å². The standard InChI is InChI=1S/C14H9F2IO2/c15-9-4-5-13(16)12(6-9)14(18)8-19-11-3-1-2-10(17)7-11/h1-7H,8H2. The molecule has 0 heterocycles. The summed E-state index contributed by atoms with van der Waals surface area (Å²) >= 11 is 2.11. The van der Waals surface area contributed by atoms with Gasteiger partial charge >= 0.3 is 0 Å². The summed E-state index contributed by atoms with van der Waals surface area (Å²) in [5.74, 6) is -1.50. The van der Waals surface area contributed by atoms with Gasteiger partial charge in [0, 0.05) is 3.57 Å². The third-order valence-electron chi connectivity index (χ3n) is 2.39. The van der Waals surface area contributed by atoms with Crippen LogP contribution in [0.1, 0.15) is 10.4 Å². The number of hydrogen-bond donors (Lipinski definition) is 0. The molecule has 0 aromatic heterocycles. The Balaban J connectivity index is 2.07. The molecular formula is C14H9F2IO2. The Hall–Kier alpha value is -1.50. The van der Waals surface area contributed by atoms with Crippen molar-refractivity contribution in [2.45, 2.75) is 0 Å². The van der Waals surface area contributed by atoms with Crippen LogP contribution in [-0.2, 0) is 0 Å². The van der Waals surface area contributed by atoms with Crippen LogP contribution in [0, 0.1) is 15.2 Å². The minimum atomic E-state index is -0.752. The van der Waals surface area contributed by atoms with Gasteiger partial charge in [0.05, 0.1) is 5.56 Å². The average molecular weight is 374 g/mol. The molecule has 2 aromatic rings. The van der Waals surface area contributed by atoms with Gasteiger partial charge in [-0.15, -0.1) is 0 Å². The quantitative estimate of drug-likeness (QED) is 0.601. The second-order valence-electron chi connectivity index (χ2n) is 3.79. The van der Waals surface area contributed by atoms with Crippen LogP contribution in [0.2, 0.25) is 0 Å². The molecule has 0 spiro atoms. The lowest BCUT2D eigenvalue weighted by atomic mass is 10.1. The molecule has 98 valence electrons. The van der Waals surface area contributed by atoms with E-state index in [9.17, 15) is 13.6 Å². The number of hydrogen-bond acceptors (Lipinski definition) is 2. The monoisotopic (exact) mass is 374 g/mol. The summed E-state index contributed by atoms with van der Waals surface area (Å²) in [4.78, 5) is 11.7. The highest BCUT2D eigenvalue weighted by atomic mass is 127. The topological polar surface area (TPSA) is 26.3 Å². The van der Waals surface area contributed by atoms with Gasteiger partial charge < -0.3 is 4.74 Å². The maximum Gasteiger partial charge on any atom is 0.203 e. The Kier molecular flexibility index (Phi) is 4.47. The lowest BCUT2D eigenvalue weighted by molar-refractivity contribution is 0.0917. The van der Waals surface area contributed by atoms with Crippen LogP contribution < -0.4 is 4.74 Å². The van der Waals surface area contributed by atoms with Crippen LogP contribution in [0.25, 0.3) is 0 Å². The molecule has 19 heavy (non-hydrogen) atoms. The van der Waals surface area contributed by atoms with Gasteiger partial charge in [0.25, 0.3) is 0 Å². The fraction of sp³-hybridized carbons (Fsp3) is 0.0714. The number of ketones is 1. The third kappa shape index (κ3) is 3.73. The molecule has 5 heteroatoms. The number of rotatable bonds is 4. The van der Waals surface area contributed by atoms with Gasteiger partial charge in [-0.05, 0) is 59.0 Å². The summed E-state index contributed by atoms with van der Waals surface area (Å²) in [5, 5.41) is 0. The Labute approximate surface area is 122 Å². The minimum Gasteiger partial charge on any atom is -0.485 e. The molecule has 0 aliphatic heterocycles. The van der Waals surface area contributed by atoms with Crippen molar-refractivity contribution >= 4 is 28.4 Å². The molecule has 2 nitrogen and oxygen atoms in total. The van der Waals surface area contributed by atoms with Crippen LogP contribution in [0.3, 0.4) is 0 Å². The summed E-state index contributed by atoms with van der Waals surface area (Å²) in [6.45, 7) is -0.333. The Morgan fingerprint density at radius 2 is 1.95 bits per heavy atom. The molecule has 0 fully saturated rings. The van der Waals surface area contributed by atoms with E-state index in [2.05, 4.69) is 22.6 Å². The smallest absolute Gasteiger partial charge is 0.203 e. The fourth-order valence-electron chi connectivity index (χ4n) is 1.49. The highest BCUT2D eigenvalue weighted by Crippen LogP contribution is 2.16. The van der Waals surface area contributed by atoms with Crippen molar-refractivity contribution in [1.82, 2.24) is 0 Å². The molecule has 0 unspecified atom stereocenters. The zero-order valence-electron chi connectivity index (χ0n) is 9.70. The van der Waals surface area contributed by atoms with Crippen LogP contribution in [0.4, 0.5) is 8.78 Å². The second-order valence-corrected chi connectivity index (χ2v) is 5.04. The van der Waals surface area contributed by atoms with E-state index in [1.807, 2.05) is 6.07 Å². The van der Waals surface area contributed by atoms with Gasteiger partial charge in [-0.25, -0.2) is 8.78 Å². The number of carbonyl (C=O) groups is 1. The molecule has 0 radical (unpaired) electrons. The van der Waals surface area contributed by atoms with E-state index >= 15 is 0 Å². The van der Waals surface area contributed by atoms with Crippen molar-refractivity contribution in [2.75, 3.05) is 6.61 Å². The largest absolute Gasteiger partial charge is 0.485 e. The molecule has 2 aromatic carbocycles. The zero-order valence-corrected chi connectivity index (χ0v) is 11.9. The number of ether oxygens (including phenoxy) is 1. The highest BCUT2D eigenvalue weighted by molar-refractivity contribution is 14.1. The summed E-state index contributed by atoms with van der Waals surface area (Å²) < 4.78 is 32.5. The molecule has 0 aliphatic carbocycles. The molecule has 0 aliphatic rings. The van der Waals surface area contributed by atoms with E-state index in [1.54, 1.807) is 18.2 Å². The van der Waals surface area contributed by atoms with E-state index in [1.165, 1.54) is 0 Å². The lowest BCUT2D eigenvalue weighted by Gasteiger charge is -2.06. The first-order valence-corrected chi connectivity index (χ1v) is 6.51. The molecule has 0 bridgehead atoms. The van der Waals surface area contributed by atoms with E-state index in [-0.39, 0.29) is 12.2 Å². The Morgan fingerprint density at radius 1 is 1.16 bits per heavy atom. The number of carbonyl (C=O) groups excluding carboxylic acids is 1. The molecule has 0 amide bonds. The van der Waals surface area contributed by atoms with Gasteiger partial charge in [0.2, 0.25) is 5.78 Å². The van der Waals surface area contributed by atoms with Crippen LogP contribution in [0.5, 0.6) is 5.75 Å². The predicted molar refractivity (Wildman–Crippen MR) is 75.3 cm³/mol. The first kappa shape index (κ1) is 13.9. The van der Waals surface area contributed by atoms with Gasteiger partial charge in [0.1, 0.15) is 17.4 Å². The molecule has 0 N–H and O–H groups in total. The zero-order chi connectivity index (χ0) is 13.8. The van der Waals surface area contributed by atoms with Crippen LogP contribution >= 0.6 is 22.6 Å². The van der Waals surface area contributed by atoms with Crippen molar-refractivity contribution in [3.63, 3.8) is 0 Å². The van der Waals surface area contributed by atoms with Crippen molar-refractivity contribution < 1.29 is 18.3 Å². The summed E-state index contributed by atoms with van der Waals surface area (Å²) in [6, 6.07) is 9.86. The normalized spacial score (nSPS) is 10.3. The molecule has 2 rings (SSSR count). The number of benzene rings is 2. The Morgan fingerprint density at radius 3 is 2.68 bits per heavy atom. The SMILES string of the molecule is O=C(COc1cccc(I)c1)c1cc(F)ccc1F. The number of Topliss-reactive ketones (excluding diaryl/α,β-unsaturated/α-hetero) is 1. The maximum atomic E-state index is 13.4. The fourth-order valence-corrected chi connectivity index (χ4v) is 2.01. The molecule has 0 saturated heterocycles. The minimum absolute atomic E-state index is 0.300. The Bertz CT molecular complexity index is 614. The average Bonchev–Trinajstić information content (AvgIpc) is 2.39. The lowest BCUT2D eigenvalue weighted by Crippen LogP contribution is -2.13. The van der Waals surface area contributed by atoms with Crippen molar-refractivity contribution in [2.24, 2.45) is 0 Å². The first-order chi connectivity index (χ1) is 9.06. The van der Waals surface area contributed by atoms with Crippen molar-refractivity contribution in [3.05, 3.63) is 63.2 Å². The van der Waals surface area contributed by atoms with Gasteiger partial charge in [-0.2, -0.15) is 0 Å². The van der Waals surface area contributed by atoms with E-state index in [0.29, 0.717) is 5.75 Å².